The van der Waals surface area contributed by atoms with Crippen molar-refractivity contribution in [1.82, 2.24) is 4.90 Å². The van der Waals surface area contributed by atoms with Gasteiger partial charge in [0.2, 0.25) is 0 Å². The third-order valence-electron chi connectivity index (χ3n) is 5.47. The second kappa shape index (κ2) is 10.4. The van der Waals surface area contributed by atoms with E-state index in [-0.39, 0.29) is 30.6 Å². The molecular weight excluding hydrogens is 488 g/mol. The summed E-state index contributed by atoms with van der Waals surface area (Å²) in [5.74, 6) is -1.01. The molecule has 0 aromatic heterocycles. The van der Waals surface area contributed by atoms with Crippen LogP contribution in [0.15, 0.2) is 52.5 Å². The molecule has 3 rings (SSSR count). The second-order valence-corrected chi connectivity index (χ2v) is 9.10. The number of benzene rings is 2. The molecule has 1 amide bonds. The predicted molar refractivity (Wildman–Crippen MR) is 132 cm³/mol. The van der Waals surface area contributed by atoms with E-state index < -0.39 is 17.7 Å². The molecule has 0 aliphatic carbocycles. The van der Waals surface area contributed by atoms with Crippen molar-refractivity contribution in [3.8, 4) is 5.75 Å². The minimum Gasteiger partial charge on any atom is -0.507 e. The first kappa shape index (κ1) is 24.8. The quantitative estimate of drug-likeness (QED) is 0.318. The van der Waals surface area contributed by atoms with Crippen molar-refractivity contribution in [2.75, 3.05) is 39.3 Å². The zero-order chi connectivity index (χ0) is 24.3. The summed E-state index contributed by atoms with van der Waals surface area (Å²) in [6.07, 6.45) is -0.00343. The molecule has 2 aromatic rings. The van der Waals surface area contributed by atoms with Gasteiger partial charge in [0.05, 0.1) is 35.9 Å². The van der Waals surface area contributed by atoms with Crippen LogP contribution in [-0.2, 0) is 14.3 Å². The maximum atomic E-state index is 13.1. The Morgan fingerprint density at radius 1 is 1.15 bits per heavy atom. The van der Waals surface area contributed by atoms with E-state index in [1.807, 2.05) is 57.1 Å². The molecule has 1 saturated heterocycles. The first-order chi connectivity index (χ1) is 15.6. The fourth-order valence-corrected chi connectivity index (χ4v) is 4.31. The second-order valence-electron chi connectivity index (χ2n) is 8.25. The summed E-state index contributed by atoms with van der Waals surface area (Å²) in [5.41, 5.74) is 2.18. The molecular formula is C25H29BrN2O5. The predicted octanol–water partition coefficient (Wildman–Crippen LogP) is 4.37. The maximum Gasteiger partial charge on any atom is 0.295 e. The van der Waals surface area contributed by atoms with E-state index in [1.165, 1.54) is 4.90 Å². The number of rotatable bonds is 8. The molecule has 1 aliphatic rings. The molecule has 0 spiro atoms. The fraction of sp³-hybridized carbons (Fsp3) is 0.360. The number of aliphatic hydroxyl groups excluding tert-OH is 1. The van der Waals surface area contributed by atoms with Crippen LogP contribution >= 0.6 is 15.9 Å². The third kappa shape index (κ3) is 5.23. The molecule has 1 atom stereocenters. The Morgan fingerprint density at radius 3 is 2.36 bits per heavy atom. The summed E-state index contributed by atoms with van der Waals surface area (Å²) in [7, 11) is 5.42. The number of carbonyl (C=O) groups is 2. The van der Waals surface area contributed by atoms with Crippen molar-refractivity contribution in [3.63, 3.8) is 0 Å². The van der Waals surface area contributed by atoms with Gasteiger partial charge in [-0.25, -0.2) is 0 Å². The Balaban J connectivity index is 2.10. The van der Waals surface area contributed by atoms with E-state index >= 15 is 0 Å². The van der Waals surface area contributed by atoms with Crippen molar-refractivity contribution in [2.24, 2.45) is 0 Å². The van der Waals surface area contributed by atoms with Gasteiger partial charge < -0.3 is 24.4 Å². The average molecular weight is 517 g/mol. The Morgan fingerprint density at radius 2 is 1.82 bits per heavy atom. The number of aliphatic hydroxyl groups is 1. The van der Waals surface area contributed by atoms with Gasteiger partial charge in [-0.05, 0) is 65.7 Å². The number of ether oxygens (including phenoxy) is 2. The maximum absolute atomic E-state index is 13.1. The van der Waals surface area contributed by atoms with Crippen LogP contribution in [0.5, 0.6) is 5.75 Å². The number of nitrogens with zero attached hydrogens (tertiary/aromatic N) is 2. The highest BCUT2D eigenvalue weighted by Crippen LogP contribution is 2.40. The highest BCUT2D eigenvalue weighted by Gasteiger charge is 2.46. The SMILES string of the molecule is COc1ccc(/C(O)=C2/C(=O)C(=O)N(CCOC(C)C)C2c2ccc(N(C)C)cc2)cc1Br. The fourth-order valence-electron chi connectivity index (χ4n) is 3.77. The molecule has 0 bridgehead atoms. The monoisotopic (exact) mass is 516 g/mol. The number of anilines is 1. The van der Waals surface area contributed by atoms with E-state index in [9.17, 15) is 14.7 Å². The minimum atomic E-state index is -0.724. The third-order valence-corrected chi connectivity index (χ3v) is 6.09. The van der Waals surface area contributed by atoms with Gasteiger partial charge >= 0.3 is 0 Å². The summed E-state index contributed by atoms with van der Waals surface area (Å²) >= 11 is 3.41. The Kier molecular flexibility index (Phi) is 7.81. The number of ketones is 1. The summed E-state index contributed by atoms with van der Waals surface area (Å²) in [6, 6.07) is 11.9. The lowest BCUT2D eigenvalue weighted by Crippen LogP contribution is -2.33. The number of likely N-dealkylation sites (tertiary alicyclic amines) is 1. The van der Waals surface area contributed by atoms with Crippen LogP contribution in [0.2, 0.25) is 0 Å². The topological polar surface area (TPSA) is 79.3 Å². The van der Waals surface area contributed by atoms with Crippen LogP contribution in [0.1, 0.15) is 31.0 Å². The van der Waals surface area contributed by atoms with E-state index in [1.54, 1.807) is 25.3 Å². The number of Topliss-reactive ketones (excluding diaryl/α,β-unsaturated/α-hetero) is 1. The van der Waals surface area contributed by atoms with Crippen molar-refractivity contribution < 1.29 is 24.2 Å². The summed E-state index contributed by atoms with van der Waals surface area (Å²) < 4.78 is 11.5. The molecule has 7 nitrogen and oxygen atoms in total. The lowest BCUT2D eigenvalue weighted by molar-refractivity contribution is -0.140. The molecule has 176 valence electrons. The van der Waals surface area contributed by atoms with Crippen LogP contribution in [0.3, 0.4) is 0 Å². The zero-order valence-electron chi connectivity index (χ0n) is 19.5. The molecule has 1 heterocycles. The summed E-state index contributed by atoms with van der Waals surface area (Å²) in [4.78, 5) is 29.5. The number of halogens is 1. The zero-order valence-corrected chi connectivity index (χ0v) is 21.0. The first-order valence-corrected chi connectivity index (χ1v) is 11.5. The number of amides is 1. The highest BCUT2D eigenvalue weighted by molar-refractivity contribution is 9.10. The number of carbonyl (C=O) groups excluding carboxylic acids is 2. The molecule has 1 N–H and O–H groups in total. The van der Waals surface area contributed by atoms with Crippen molar-refractivity contribution >= 4 is 39.1 Å². The van der Waals surface area contributed by atoms with Crippen molar-refractivity contribution in [1.29, 1.82) is 0 Å². The van der Waals surface area contributed by atoms with E-state index in [0.29, 0.717) is 15.8 Å². The van der Waals surface area contributed by atoms with Crippen LogP contribution in [0.25, 0.3) is 5.76 Å². The molecule has 0 radical (unpaired) electrons. The smallest absolute Gasteiger partial charge is 0.295 e. The highest BCUT2D eigenvalue weighted by atomic mass is 79.9. The minimum absolute atomic E-state index is 0.00343. The molecule has 2 aromatic carbocycles. The van der Waals surface area contributed by atoms with Gasteiger partial charge in [0.1, 0.15) is 11.5 Å². The number of hydrogen-bond acceptors (Lipinski definition) is 6. The standard InChI is InChI=1S/C25H29BrN2O5/c1-15(2)33-13-12-28-22(16-6-9-18(10-7-16)27(3)4)21(24(30)25(28)31)23(29)17-8-11-20(32-5)19(26)14-17/h6-11,14-15,22,29H,12-13H2,1-5H3/b23-21-. The largest absolute Gasteiger partial charge is 0.507 e. The molecule has 1 aliphatic heterocycles. The van der Waals surface area contributed by atoms with Gasteiger partial charge in [-0.15, -0.1) is 0 Å². The Bertz CT molecular complexity index is 1060. The molecule has 1 unspecified atom stereocenters. The van der Waals surface area contributed by atoms with Crippen LogP contribution < -0.4 is 9.64 Å². The lowest BCUT2D eigenvalue weighted by atomic mass is 9.95. The van der Waals surface area contributed by atoms with E-state index in [0.717, 1.165) is 11.3 Å². The summed E-state index contributed by atoms with van der Waals surface area (Å²) in [6.45, 7) is 4.33. The average Bonchev–Trinajstić information content (AvgIpc) is 3.03. The van der Waals surface area contributed by atoms with Gasteiger partial charge in [0.15, 0.2) is 0 Å². The van der Waals surface area contributed by atoms with Gasteiger partial charge in [-0.2, -0.15) is 0 Å². The number of hydrogen-bond donors (Lipinski definition) is 1. The van der Waals surface area contributed by atoms with Gasteiger partial charge in [0, 0.05) is 31.9 Å². The lowest BCUT2D eigenvalue weighted by Gasteiger charge is -2.26. The van der Waals surface area contributed by atoms with Crippen LogP contribution in [-0.4, -0.2) is 62.2 Å². The van der Waals surface area contributed by atoms with Crippen molar-refractivity contribution in [2.45, 2.75) is 26.0 Å². The van der Waals surface area contributed by atoms with E-state index in [2.05, 4.69) is 15.9 Å². The molecule has 8 heteroatoms. The summed E-state index contributed by atoms with van der Waals surface area (Å²) in [5, 5.41) is 11.2. The first-order valence-electron chi connectivity index (χ1n) is 10.7. The molecule has 33 heavy (non-hydrogen) atoms. The van der Waals surface area contributed by atoms with Crippen LogP contribution in [0, 0.1) is 0 Å². The van der Waals surface area contributed by atoms with Gasteiger partial charge in [-0.3, -0.25) is 9.59 Å². The Labute approximate surface area is 202 Å². The van der Waals surface area contributed by atoms with Gasteiger partial charge in [0.25, 0.3) is 11.7 Å². The van der Waals surface area contributed by atoms with Crippen molar-refractivity contribution in [3.05, 3.63) is 63.6 Å². The van der Waals surface area contributed by atoms with Crippen LogP contribution in [0.4, 0.5) is 5.69 Å². The van der Waals surface area contributed by atoms with E-state index in [4.69, 9.17) is 9.47 Å². The Hall–Kier alpha value is -2.84. The molecule has 0 saturated carbocycles. The normalized spacial score (nSPS) is 17.7. The molecule has 1 fully saturated rings. The van der Waals surface area contributed by atoms with Gasteiger partial charge in [-0.1, -0.05) is 12.1 Å². The number of methoxy groups -OCH3 is 1.